The first-order chi connectivity index (χ1) is 8.63. The molecule has 102 valence electrons. The summed E-state index contributed by atoms with van der Waals surface area (Å²) in [6, 6.07) is 1.77. The molecule has 1 rings (SSSR count). The van der Waals surface area contributed by atoms with E-state index >= 15 is 0 Å². The zero-order valence-electron chi connectivity index (χ0n) is 11.4. The first kappa shape index (κ1) is 15.0. The molecule has 1 aromatic heterocycles. The zero-order valence-corrected chi connectivity index (χ0v) is 12.1. The Balaban J connectivity index is 2.71. The third-order valence-corrected chi connectivity index (χ3v) is 3.11. The molecule has 1 heterocycles. The molecule has 0 fully saturated rings. The fourth-order valence-electron chi connectivity index (χ4n) is 1.50. The van der Waals surface area contributed by atoms with Crippen LogP contribution >= 0.6 is 11.6 Å². The average molecular weight is 272 g/mol. The highest BCUT2D eigenvalue weighted by Crippen LogP contribution is 2.21. The van der Waals surface area contributed by atoms with Crippen LogP contribution in [0.2, 0.25) is 0 Å². The first-order valence-electron chi connectivity index (χ1n) is 6.43. The first-order valence-corrected chi connectivity index (χ1v) is 6.97. The van der Waals surface area contributed by atoms with Crippen molar-refractivity contribution >= 4 is 17.5 Å². The molecular weight excluding hydrogens is 250 g/mol. The number of rotatable bonds is 8. The van der Waals surface area contributed by atoms with Gasteiger partial charge in [-0.05, 0) is 26.2 Å². The second kappa shape index (κ2) is 7.41. The van der Waals surface area contributed by atoms with Gasteiger partial charge in [-0.15, -0.1) is 11.6 Å². The molecule has 0 radical (unpaired) electrons. The highest BCUT2D eigenvalue weighted by atomic mass is 35.5. The second-order valence-corrected chi connectivity index (χ2v) is 4.92. The van der Waals surface area contributed by atoms with E-state index in [1.165, 1.54) is 0 Å². The van der Waals surface area contributed by atoms with Gasteiger partial charge in [0.25, 0.3) is 0 Å². The van der Waals surface area contributed by atoms with E-state index in [4.69, 9.17) is 16.3 Å². The van der Waals surface area contributed by atoms with Crippen molar-refractivity contribution in [2.24, 2.45) is 0 Å². The molecule has 0 spiro atoms. The van der Waals surface area contributed by atoms with E-state index in [-0.39, 0.29) is 5.54 Å². The molecule has 0 saturated heterocycles. The Bertz CT molecular complexity index is 362. The molecule has 5 heteroatoms. The van der Waals surface area contributed by atoms with E-state index in [1.54, 1.807) is 12.3 Å². The molecular formula is C13H22ClN3O. The number of anilines is 1. The Morgan fingerprint density at radius 3 is 2.83 bits per heavy atom. The number of ether oxygens (including phenoxy) is 1. The Morgan fingerprint density at radius 1 is 1.44 bits per heavy atom. The van der Waals surface area contributed by atoms with Crippen LogP contribution < -0.4 is 10.1 Å². The standard InChI is InChI=1S/C13H22ClN3O/c1-4-10-18-11-6-9-15-12(16-11)17-13(3,5-2)7-8-14/h6,9H,4-5,7-8,10H2,1-3H3,(H,15,16,17). The van der Waals surface area contributed by atoms with Gasteiger partial charge in [0.1, 0.15) is 0 Å². The minimum absolute atomic E-state index is 0.0782. The van der Waals surface area contributed by atoms with Crippen LogP contribution in [0.15, 0.2) is 12.3 Å². The van der Waals surface area contributed by atoms with E-state index in [0.29, 0.717) is 24.3 Å². The minimum Gasteiger partial charge on any atom is -0.478 e. The Kier molecular flexibility index (Phi) is 6.19. The van der Waals surface area contributed by atoms with Gasteiger partial charge in [-0.2, -0.15) is 4.98 Å². The van der Waals surface area contributed by atoms with Crippen LogP contribution in [0.1, 0.15) is 40.0 Å². The van der Waals surface area contributed by atoms with E-state index in [1.807, 2.05) is 0 Å². The number of hydrogen-bond acceptors (Lipinski definition) is 4. The van der Waals surface area contributed by atoms with Crippen LogP contribution in [0.4, 0.5) is 5.95 Å². The van der Waals surface area contributed by atoms with Crippen LogP contribution in [0.25, 0.3) is 0 Å². The lowest BCUT2D eigenvalue weighted by molar-refractivity contribution is 0.305. The lowest BCUT2D eigenvalue weighted by Crippen LogP contribution is -2.35. The normalized spacial score (nSPS) is 14.0. The van der Waals surface area contributed by atoms with Crippen molar-refractivity contribution in [2.75, 3.05) is 17.8 Å². The Morgan fingerprint density at radius 2 is 2.22 bits per heavy atom. The highest BCUT2D eigenvalue weighted by molar-refractivity contribution is 6.17. The van der Waals surface area contributed by atoms with Crippen molar-refractivity contribution in [1.82, 2.24) is 9.97 Å². The molecule has 0 aliphatic heterocycles. The summed E-state index contributed by atoms with van der Waals surface area (Å²) in [5.41, 5.74) is -0.0782. The summed E-state index contributed by atoms with van der Waals surface area (Å²) in [5, 5.41) is 3.34. The summed E-state index contributed by atoms with van der Waals surface area (Å²) in [6.45, 7) is 6.98. The van der Waals surface area contributed by atoms with Crippen LogP contribution in [0.3, 0.4) is 0 Å². The van der Waals surface area contributed by atoms with E-state index in [0.717, 1.165) is 19.3 Å². The largest absolute Gasteiger partial charge is 0.478 e. The molecule has 1 N–H and O–H groups in total. The number of hydrogen-bond donors (Lipinski definition) is 1. The summed E-state index contributed by atoms with van der Waals surface area (Å²) in [7, 11) is 0. The van der Waals surface area contributed by atoms with Gasteiger partial charge in [-0.3, -0.25) is 0 Å². The number of aromatic nitrogens is 2. The fourth-order valence-corrected chi connectivity index (χ4v) is 1.91. The summed E-state index contributed by atoms with van der Waals surface area (Å²) >= 11 is 5.83. The molecule has 0 aliphatic carbocycles. The smallest absolute Gasteiger partial charge is 0.226 e. The summed E-state index contributed by atoms with van der Waals surface area (Å²) < 4.78 is 5.49. The molecule has 4 nitrogen and oxygen atoms in total. The maximum absolute atomic E-state index is 5.83. The van der Waals surface area contributed by atoms with Gasteiger partial charge in [0.05, 0.1) is 6.61 Å². The van der Waals surface area contributed by atoms with E-state index < -0.39 is 0 Å². The zero-order chi connectivity index (χ0) is 13.4. The van der Waals surface area contributed by atoms with E-state index in [2.05, 4.69) is 36.1 Å². The predicted octanol–water partition coefficient (Wildman–Crippen LogP) is 3.47. The van der Waals surface area contributed by atoms with Crippen LogP contribution in [0.5, 0.6) is 5.88 Å². The van der Waals surface area contributed by atoms with Gasteiger partial charge in [0.2, 0.25) is 11.8 Å². The second-order valence-electron chi connectivity index (χ2n) is 4.55. The fraction of sp³-hybridized carbons (Fsp3) is 0.692. The van der Waals surface area contributed by atoms with Crippen molar-refractivity contribution in [3.05, 3.63) is 12.3 Å². The van der Waals surface area contributed by atoms with E-state index in [9.17, 15) is 0 Å². The number of nitrogens with zero attached hydrogens (tertiary/aromatic N) is 2. The maximum atomic E-state index is 5.83. The minimum atomic E-state index is -0.0782. The van der Waals surface area contributed by atoms with Crippen LogP contribution in [0, 0.1) is 0 Å². The van der Waals surface area contributed by atoms with Crippen molar-refractivity contribution in [3.8, 4) is 5.88 Å². The topological polar surface area (TPSA) is 47.0 Å². The predicted molar refractivity (Wildman–Crippen MR) is 75.5 cm³/mol. The number of nitrogens with one attached hydrogen (secondary N) is 1. The Hall–Kier alpha value is -1.03. The molecule has 1 unspecified atom stereocenters. The summed E-state index contributed by atoms with van der Waals surface area (Å²) in [5.74, 6) is 1.82. The third kappa shape index (κ3) is 4.69. The third-order valence-electron chi connectivity index (χ3n) is 2.92. The SMILES string of the molecule is CCCOc1ccnc(NC(C)(CC)CCCl)n1. The molecule has 0 aromatic carbocycles. The molecule has 0 aliphatic rings. The van der Waals surface area contributed by atoms with Crippen molar-refractivity contribution in [2.45, 2.75) is 45.6 Å². The van der Waals surface area contributed by atoms with Crippen molar-refractivity contribution in [1.29, 1.82) is 0 Å². The molecule has 0 bridgehead atoms. The quantitative estimate of drug-likeness (QED) is 0.736. The van der Waals surface area contributed by atoms with Gasteiger partial charge in [0.15, 0.2) is 0 Å². The summed E-state index contributed by atoms with van der Waals surface area (Å²) in [6.07, 6.45) is 4.50. The van der Waals surface area contributed by atoms with Crippen LogP contribution in [-0.4, -0.2) is 28.0 Å². The Labute approximate surface area is 114 Å². The molecule has 0 amide bonds. The maximum Gasteiger partial charge on any atom is 0.226 e. The molecule has 0 saturated carbocycles. The number of alkyl halides is 1. The van der Waals surface area contributed by atoms with Gasteiger partial charge < -0.3 is 10.1 Å². The highest BCUT2D eigenvalue weighted by Gasteiger charge is 2.22. The van der Waals surface area contributed by atoms with Crippen molar-refractivity contribution in [3.63, 3.8) is 0 Å². The summed E-state index contributed by atoms with van der Waals surface area (Å²) in [4.78, 5) is 8.56. The lowest BCUT2D eigenvalue weighted by atomic mass is 9.96. The van der Waals surface area contributed by atoms with Crippen molar-refractivity contribution < 1.29 is 4.74 Å². The monoisotopic (exact) mass is 271 g/mol. The van der Waals surface area contributed by atoms with Gasteiger partial charge >= 0.3 is 0 Å². The van der Waals surface area contributed by atoms with Gasteiger partial charge in [-0.25, -0.2) is 4.98 Å². The molecule has 1 aromatic rings. The molecule has 18 heavy (non-hydrogen) atoms. The van der Waals surface area contributed by atoms with Gasteiger partial charge in [0, 0.05) is 23.7 Å². The van der Waals surface area contributed by atoms with Gasteiger partial charge in [-0.1, -0.05) is 13.8 Å². The lowest BCUT2D eigenvalue weighted by Gasteiger charge is -2.28. The molecule has 1 atom stereocenters. The number of halogens is 1. The van der Waals surface area contributed by atoms with Crippen LogP contribution in [-0.2, 0) is 0 Å². The average Bonchev–Trinajstić information content (AvgIpc) is 2.37.